The molecule has 4 rings (SSSR count). The molecule has 3 aromatic carbocycles. The fraction of sp³-hybridized carbons (Fsp3) is 0.185. The maximum absolute atomic E-state index is 12.4. The number of carbonyl (C=O) groups is 3. The van der Waals surface area contributed by atoms with E-state index in [0.29, 0.717) is 22.8 Å². The molecule has 3 amide bonds. The van der Waals surface area contributed by atoms with Crippen molar-refractivity contribution in [3.8, 4) is 17.2 Å². The molecule has 0 bridgehead atoms. The van der Waals surface area contributed by atoms with Crippen LogP contribution in [0.4, 0.5) is 5.69 Å². The van der Waals surface area contributed by atoms with Crippen molar-refractivity contribution in [3.63, 3.8) is 0 Å². The van der Waals surface area contributed by atoms with Gasteiger partial charge in [0, 0.05) is 16.7 Å². The van der Waals surface area contributed by atoms with E-state index in [0.717, 1.165) is 26.9 Å². The highest BCUT2D eigenvalue weighted by atomic mass is 79.9. The predicted molar refractivity (Wildman–Crippen MR) is 144 cm³/mol. The van der Waals surface area contributed by atoms with Crippen molar-refractivity contribution in [2.75, 3.05) is 18.7 Å². The summed E-state index contributed by atoms with van der Waals surface area (Å²) < 4.78 is 17.1. The molecule has 1 aliphatic heterocycles. The van der Waals surface area contributed by atoms with E-state index in [-0.39, 0.29) is 25.9 Å². The van der Waals surface area contributed by atoms with E-state index in [1.54, 1.807) is 42.5 Å². The second kappa shape index (κ2) is 12.2. The Bertz CT molecular complexity index is 1390. The van der Waals surface area contributed by atoms with Crippen LogP contribution in [0, 0.1) is 13.8 Å². The van der Waals surface area contributed by atoms with E-state index >= 15 is 0 Å². The Labute approximate surface area is 227 Å². The number of ether oxygens (including phenoxy) is 3. The van der Waals surface area contributed by atoms with Gasteiger partial charge in [-0.25, -0.2) is 5.43 Å². The van der Waals surface area contributed by atoms with Crippen LogP contribution in [0.5, 0.6) is 17.2 Å². The summed E-state index contributed by atoms with van der Waals surface area (Å²) in [7, 11) is 0. The van der Waals surface area contributed by atoms with E-state index in [2.05, 4.69) is 37.1 Å². The molecule has 0 saturated heterocycles. The molecule has 3 N–H and O–H groups in total. The minimum absolute atomic E-state index is 0.139. The summed E-state index contributed by atoms with van der Waals surface area (Å²) in [6, 6.07) is 15.9. The van der Waals surface area contributed by atoms with Gasteiger partial charge in [-0.05, 0) is 72.5 Å². The van der Waals surface area contributed by atoms with Gasteiger partial charge in [0.05, 0.1) is 6.21 Å². The van der Waals surface area contributed by atoms with Gasteiger partial charge in [-0.3, -0.25) is 14.4 Å². The Morgan fingerprint density at radius 3 is 2.55 bits per heavy atom. The van der Waals surface area contributed by atoms with Crippen LogP contribution in [0.3, 0.4) is 0 Å². The topological polar surface area (TPSA) is 127 Å². The first-order valence-electron chi connectivity index (χ1n) is 11.6. The molecule has 1 aliphatic rings. The number of carbonyl (C=O) groups excluding carboxylic acids is 3. The number of fused-ring (bicyclic) bond motifs is 1. The summed E-state index contributed by atoms with van der Waals surface area (Å²) in [6.45, 7) is 3.94. The minimum Gasteiger partial charge on any atom is -0.484 e. The number of amides is 3. The molecule has 0 aromatic heterocycles. The fourth-order valence-electron chi connectivity index (χ4n) is 3.65. The molecule has 10 nitrogen and oxygen atoms in total. The number of nitrogens with zero attached hydrogens (tertiary/aromatic N) is 1. The third kappa shape index (κ3) is 7.10. The van der Waals surface area contributed by atoms with Gasteiger partial charge in [-0.15, -0.1) is 0 Å². The number of halogens is 1. The second-order valence-electron chi connectivity index (χ2n) is 8.39. The molecular weight excluding hydrogens is 556 g/mol. The molecule has 0 unspecified atom stereocenters. The number of hydrogen-bond acceptors (Lipinski definition) is 7. The van der Waals surface area contributed by atoms with Crippen LogP contribution in [0.15, 0.2) is 64.2 Å². The molecule has 0 radical (unpaired) electrons. The van der Waals surface area contributed by atoms with Crippen LogP contribution < -0.4 is 30.3 Å². The van der Waals surface area contributed by atoms with E-state index in [9.17, 15) is 14.4 Å². The third-order valence-corrected chi connectivity index (χ3v) is 5.92. The van der Waals surface area contributed by atoms with Gasteiger partial charge < -0.3 is 24.8 Å². The van der Waals surface area contributed by atoms with Crippen molar-refractivity contribution < 1.29 is 28.6 Å². The Morgan fingerprint density at radius 1 is 1.00 bits per heavy atom. The average Bonchev–Trinajstić information content (AvgIpc) is 3.36. The molecule has 3 aromatic rings. The summed E-state index contributed by atoms with van der Waals surface area (Å²) in [6.07, 6.45) is 1.37. The zero-order valence-electron chi connectivity index (χ0n) is 20.7. The van der Waals surface area contributed by atoms with Gasteiger partial charge in [-0.1, -0.05) is 34.1 Å². The van der Waals surface area contributed by atoms with Crippen LogP contribution in [0.1, 0.15) is 22.3 Å². The first-order chi connectivity index (χ1) is 18.3. The van der Waals surface area contributed by atoms with Crippen molar-refractivity contribution in [2.24, 2.45) is 5.10 Å². The van der Waals surface area contributed by atoms with Gasteiger partial charge >= 0.3 is 11.8 Å². The van der Waals surface area contributed by atoms with Gasteiger partial charge in [0.15, 0.2) is 18.1 Å². The number of hydrogen-bond donors (Lipinski definition) is 3. The number of nitrogens with one attached hydrogen (secondary N) is 3. The van der Waals surface area contributed by atoms with Gasteiger partial charge in [0.25, 0.3) is 5.91 Å². The molecule has 38 heavy (non-hydrogen) atoms. The Kier molecular flexibility index (Phi) is 8.59. The van der Waals surface area contributed by atoms with Crippen LogP contribution in [-0.4, -0.2) is 37.3 Å². The Hall–Kier alpha value is -4.38. The van der Waals surface area contributed by atoms with Crippen molar-refractivity contribution in [2.45, 2.75) is 20.4 Å². The largest absolute Gasteiger partial charge is 0.484 e. The normalized spacial score (nSPS) is 11.8. The molecule has 0 fully saturated rings. The number of hydrazone groups is 1. The minimum atomic E-state index is -0.912. The monoisotopic (exact) mass is 580 g/mol. The summed E-state index contributed by atoms with van der Waals surface area (Å²) >= 11 is 3.44. The van der Waals surface area contributed by atoms with Gasteiger partial charge in [0.1, 0.15) is 5.75 Å². The lowest BCUT2D eigenvalue weighted by Gasteiger charge is -2.13. The predicted octanol–water partition coefficient (Wildman–Crippen LogP) is 3.58. The average molecular weight is 581 g/mol. The fourth-order valence-corrected chi connectivity index (χ4v) is 4.33. The maximum Gasteiger partial charge on any atom is 0.329 e. The van der Waals surface area contributed by atoms with Gasteiger partial charge in [0.2, 0.25) is 6.79 Å². The molecule has 11 heteroatoms. The van der Waals surface area contributed by atoms with Gasteiger partial charge in [-0.2, -0.15) is 5.10 Å². The third-order valence-electron chi connectivity index (χ3n) is 5.47. The summed E-state index contributed by atoms with van der Waals surface area (Å²) in [5.41, 5.74) is 6.17. The quantitative estimate of drug-likeness (QED) is 0.212. The Morgan fingerprint density at radius 2 is 1.76 bits per heavy atom. The summed E-state index contributed by atoms with van der Waals surface area (Å²) in [5, 5.41) is 9.21. The van der Waals surface area contributed by atoms with Crippen molar-refractivity contribution >= 4 is 45.6 Å². The number of anilines is 1. The Balaban J connectivity index is 1.23. The lowest BCUT2D eigenvalue weighted by molar-refractivity contribution is -0.139. The zero-order chi connectivity index (χ0) is 27.1. The van der Waals surface area contributed by atoms with E-state index in [1.807, 2.05) is 26.0 Å². The summed E-state index contributed by atoms with van der Waals surface area (Å²) in [5.74, 6) is -0.371. The molecule has 0 spiro atoms. The van der Waals surface area contributed by atoms with Crippen LogP contribution in [-0.2, 0) is 20.9 Å². The molecule has 0 saturated carbocycles. The second-order valence-corrected chi connectivity index (χ2v) is 9.31. The standard InChI is InChI=1S/C27H25BrN4O6/c1-16-8-20(28)9-17(2)25(16)31-24(33)14-36-21-5-3-4-18(10-21)13-30-32-27(35)26(34)29-12-19-6-7-22-23(11-19)38-15-37-22/h3-11,13H,12,14-15H2,1-2H3,(H,29,34)(H,31,33)(H,32,35)/b30-13-. The van der Waals surface area contributed by atoms with Crippen LogP contribution >= 0.6 is 15.9 Å². The molecule has 196 valence electrons. The number of benzene rings is 3. The number of aryl methyl sites for hydroxylation is 2. The molecular formula is C27H25BrN4O6. The van der Waals surface area contributed by atoms with E-state index in [1.165, 1.54) is 6.21 Å². The van der Waals surface area contributed by atoms with Crippen molar-refractivity contribution in [3.05, 3.63) is 81.3 Å². The van der Waals surface area contributed by atoms with Crippen LogP contribution in [0.2, 0.25) is 0 Å². The van der Waals surface area contributed by atoms with Crippen LogP contribution in [0.25, 0.3) is 0 Å². The van der Waals surface area contributed by atoms with Crippen molar-refractivity contribution in [1.82, 2.24) is 10.7 Å². The lowest BCUT2D eigenvalue weighted by atomic mass is 10.1. The zero-order valence-corrected chi connectivity index (χ0v) is 22.3. The molecule has 0 aliphatic carbocycles. The SMILES string of the molecule is Cc1cc(Br)cc(C)c1NC(=O)COc1cccc(/C=N\NC(=O)C(=O)NCc2ccc3c(c2)OCO3)c1. The molecule has 1 heterocycles. The highest BCUT2D eigenvalue weighted by Crippen LogP contribution is 2.32. The summed E-state index contributed by atoms with van der Waals surface area (Å²) in [4.78, 5) is 36.5. The van der Waals surface area contributed by atoms with E-state index in [4.69, 9.17) is 14.2 Å². The first kappa shape index (κ1) is 26.7. The van der Waals surface area contributed by atoms with Crippen molar-refractivity contribution in [1.29, 1.82) is 0 Å². The molecule has 0 atom stereocenters. The highest BCUT2D eigenvalue weighted by molar-refractivity contribution is 9.10. The van der Waals surface area contributed by atoms with E-state index < -0.39 is 11.8 Å². The lowest BCUT2D eigenvalue weighted by Crippen LogP contribution is -2.37. The first-order valence-corrected chi connectivity index (χ1v) is 12.4. The maximum atomic E-state index is 12.4. The highest BCUT2D eigenvalue weighted by Gasteiger charge is 2.15. The smallest absolute Gasteiger partial charge is 0.329 e. The number of rotatable bonds is 8.